The normalized spacial score (nSPS) is 15.4. The van der Waals surface area contributed by atoms with E-state index < -0.39 is 0 Å². The number of carbonyl (C=O) groups excluding carboxylic acids is 1. The number of hydrogen-bond donors (Lipinski definition) is 3. The number of benzene rings is 2. The monoisotopic (exact) mass is 344 g/mol. The van der Waals surface area contributed by atoms with E-state index in [4.69, 9.17) is 11.6 Å². The first-order valence-electron chi connectivity index (χ1n) is 8.13. The average molecular weight is 345 g/mol. The first kappa shape index (κ1) is 16.8. The Morgan fingerprint density at radius 3 is 2.54 bits per heavy atom. The fraction of sp³-hybridized carbons (Fsp3) is 0.316. The minimum atomic E-state index is -0.239. The number of amides is 1. The predicted octanol–water partition coefficient (Wildman–Crippen LogP) is 3.44. The highest BCUT2D eigenvalue weighted by Crippen LogP contribution is 2.41. The molecule has 2 aromatic carbocycles. The van der Waals surface area contributed by atoms with Gasteiger partial charge in [0.25, 0.3) is 0 Å². The van der Waals surface area contributed by atoms with Gasteiger partial charge < -0.3 is 15.7 Å². The second-order valence-electron chi connectivity index (χ2n) is 6.18. The molecule has 0 aromatic heterocycles. The quantitative estimate of drug-likeness (QED) is 0.752. The third-order valence-electron chi connectivity index (χ3n) is 4.56. The summed E-state index contributed by atoms with van der Waals surface area (Å²) < 4.78 is 0. The van der Waals surface area contributed by atoms with Gasteiger partial charge in [-0.05, 0) is 42.5 Å². The number of halogens is 1. The van der Waals surface area contributed by atoms with Crippen LogP contribution >= 0.6 is 11.6 Å². The fourth-order valence-electron chi connectivity index (χ4n) is 3.07. The molecule has 2 aromatic rings. The van der Waals surface area contributed by atoms with Crippen molar-refractivity contribution in [1.29, 1.82) is 0 Å². The van der Waals surface area contributed by atoms with E-state index in [9.17, 15) is 9.90 Å². The standard InChI is InChI=1S/C19H21ClN2O2/c20-16-8-7-14(13-23)11-17(16)21-12-18(24)22-19(9-4-10-19)15-5-2-1-3-6-15/h1-3,5-8,11,21,23H,4,9-10,12-13H2,(H,22,24). The minimum Gasteiger partial charge on any atom is -0.392 e. The molecule has 3 rings (SSSR count). The van der Waals surface area contributed by atoms with E-state index in [0.717, 1.165) is 30.4 Å². The van der Waals surface area contributed by atoms with Gasteiger partial charge in [-0.3, -0.25) is 4.79 Å². The smallest absolute Gasteiger partial charge is 0.239 e. The van der Waals surface area contributed by atoms with Crippen LogP contribution in [0.1, 0.15) is 30.4 Å². The van der Waals surface area contributed by atoms with Crippen LogP contribution in [0, 0.1) is 0 Å². The lowest BCUT2D eigenvalue weighted by molar-refractivity contribution is -0.122. The average Bonchev–Trinajstić information content (AvgIpc) is 2.58. The van der Waals surface area contributed by atoms with Crippen LogP contribution in [0.2, 0.25) is 5.02 Å². The van der Waals surface area contributed by atoms with Gasteiger partial charge in [-0.2, -0.15) is 0 Å². The Balaban J connectivity index is 1.64. The molecule has 1 saturated carbocycles. The molecule has 0 heterocycles. The van der Waals surface area contributed by atoms with Gasteiger partial charge in [0.1, 0.15) is 0 Å². The molecule has 1 fully saturated rings. The van der Waals surface area contributed by atoms with Crippen molar-refractivity contribution in [2.45, 2.75) is 31.4 Å². The number of aliphatic hydroxyl groups is 1. The van der Waals surface area contributed by atoms with Gasteiger partial charge in [0.15, 0.2) is 0 Å². The summed E-state index contributed by atoms with van der Waals surface area (Å²) in [5.41, 5.74) is 2.32. The zero-order valence-electron chi connectivity index (χ0n) is 13.4. The SMILES string of the molecule is O=C(CNc1cc(CO)ccc1Cl)NC1(c2ccccc2)CCC1. The van der Waals surface area contributed by atoms with Gasteiger partial charge in [0.2, 0.25) is 5.91 Å². The van der Waals surface area contributed by atoms with Gasteiger partial charge in [0, 0.05) is 0 Å². The van der Waals surface area contributed by atoms with Gasteiger partial charge in [-0.1, -0.05) is 48.0 Å². The van der Waals surface area contributed by atoms with E-state index >= 15 is 0 Å². The fourth-order valence-corrected chi connectivity index (χ4v) is 3.25. The molecule has 0 radical (unpaired) electrons. The van der Waals surface area contributed by atoms with Crippen LogP contribution in [0.5, 0.6) is 0 Å². The second-order valence-corrected chi connectivity index (χ2v) is 6.58. The Labute approximate surface area is 146 Å². The Morgan fingerprint density at radius 1 is 1.17 bits per heavy atom. The maximum absolute atomic E-state index is 12.4. The Kier molecular flexibility index (Phi) is 5.07. The summed E-state index contributed by atoms with van der Waals surface area (Å²) in [4.78, 5) is 12.4. The van der Waals surface area contributed by atoms with Gasteiger partial charge in [-0.25, -0.2) is 0 Å². The number of nitrogens with one attached hydrogen (secondary N) is 2. The van der Waals surface area contributed by atoms with E-state index in [1.807, 2.05) is 18.2 Å². The Hall–Kier alpha value is -2.04. The lowest BCUT2D eigenvalue weighted by Crippen LogP contribution is -2.52. The zero-order valence-corrected chi connectivity index (χ0v) is 14.1. The molecule has 0 saturated heterocycles. The van der Waals surface area contributed by atoms with Crippen LogP contribution in [0.3, 0.4) is 0 Å². The van der Waals surface area contributed by atoms with Crippen LogP contribution in [0.25, 0.3) is 0 Å². The van der Waals surface area contributed by atoms with Crippen LogP contribution in [-0.2, 0) is 16.9 Å². The van der Waals surface area contributed by atoms with Crippen molar-refractivity contribution in [3.05, 3.63) is 64.7 Å². The molecule has 0 spiro atoms. The predicted molar refractivity (Wildman–Crippen MR) is 96.0 cm³/mol. The molecule has 0 bridgehead atoms. The molecule has 1 aliphatic rings. The highest BCUT2D eigenvalue weighted by atomic mass is 35.5. The van der Waals surface area contributed by atoms with Crippen molar-refractivity contribution in [1.82, 2.24) is 5.32 Å². The number of anilines is 1. The molecule has 4 nitrogen and oxygen atoms in total. The van der Waals surface area contributed by atoms with Crippen molar-refractivity contribution in [2.75, 3.05) is 11.9 Å². The molecule has 0 aliphatic heterocycles. The highest BCUT2D eigenvalue weighted by molar-refractivity contribution is 6.33. The molecule has 0 atom stereocenters. The van der Waals surface area contributed by atoms with Crippen LogP contribution in [0.15, 0.2) is 48.5 Å². The molecule has 126 valence electrons. The third kappa shape index (κ3) is 3.55. The highest BCUT2D eigenvalue weighted by Gasteiger charge is 2.39. The topological polar surface area (TPSA) is 61.4 Å². The van der Waals surface area contributed by atoms with E-state index in [0.29, 0.717) is 10.7 Å². The number of rotatable bonds is 6. The van der Waals surface area contributed by atoms with Crippen molar-refractivity contribution in [3.63, 3.8) is 0 Å². The van der Waals surface area contributed by atoms with Gasteiger partial charge in [-0.15, -0.1) is 0 Å². The lowest BCUT2D eigenvalue weighted by Gasteiger charge is -2.43. The Bertz CT molecular complexity index is 715. The van der Waals surface area contributed by atoms with Crippen molar-refractivity contribution >= 4 is 23.2 Å². The summed E-state index contributed by atoms with van der Waals surface area (Å²) in [6.07, 6.45) is 3.04. The summed E-state index contributed by atoms with van der Waals surface area (Å²) in [5.74, 6) is -0.0657. The van der Waals surface area contributed by atoms with Gasteiger partial charge in [0.05, 0.1) is 29.4 Å². The number of aliphatic hydroxyl groups excluding tert-OH is 1. The minimum absolute atomic E-state index is 0.0604. The first-order valence-corrected chi connectivity index (χ1v) is 8.50. The molecular formula is C19H21ClN2O2. The van der Waals surface area contributed by atoms with E-state index in [1.165, 1.54) is 0 Å². The summed E-state index contributed by atoms with van der Waals surface area (Å²) in [6, 6.07) is 15.3. The molecular weight excluding hydrogens is 324 g/mol. The molecule has 24 heavy (non-hydrogen) atoms. The summed E-state index contributed by atoms with van der Waals surface area (Å²) in [7, 11) is 0. The molecule has 1 aliphatic carbocycles. The van der Waals surface area contributed by atoms with Crippen LogP contribution in [-0.4, -0.2) is 17.6 Å². The Morgan fingerprint density at radius 2 is 1.92 bits per heavy atom. The molecule has 0 unspecified atom stereocenters. The van der Waals surface area contributed by atoms with Crippen LogP contribution in [0.4, 0.5) is 5.69 Å². The summed E-state index contributed by atoms with van der Waals surface area (Å²) in [6.45, 7) is 0.0817. The van der Waals surface area contributed by atoms with Crippen molar-refractivity contribution < 1.29 is 9.90 Å². The van der Waals surface area contributed by atoms with Crippen molar-refractivity contribution in [3.8, 4) is 0 Å². The van der Waals surface area contributed by atoms with E-state index in [-0.39, 0.29) is 24.6 Å². The maximum Gasteiger partial charge on any atom is 0.239 e. The van der Waals surface area contributed by atoms with Gasteiger partial charge >= 0.3 is 0 Å². The maximum atomic E-state index is 12.4. The van der Waals surface area contributed by atoms with Crippen LogP contribution < -0.4 is 10.6 Å². The molecule has 3 N–H and O–H groups in total. The van der Waals surface area contributed by atoms with E-state index in [2.05, 4.69) is 22.8 Å². The number of hydrogen-bond acceptors (Lipinski definition) is 3. The van der Waals surface area contributed by atoms with Crippen molar-refractivity contribution in [2.24, 2.45) is 0 Å². The zero-order chi connectivity index (χ0) is 17.0. The lowest BCUT2D eigenvalue weighted by atomic mass is 9.72. The summed E-state index contributed by atoms with van der Waals surface area (Å²) >= 11 is 6.13. The summed E-state index contributed by atoms with van der Waals surface area (Å²) in [5, 5.41) is 16.0. The molecule has 5 heteroatoms. The number of carbonyl (C=O) groups is 1. The first-order chi connectivity index (χ1) is 11.6. The van der Waals surface area contributed by atoms with E-state index in [1.54, 1.807) is 18.2 Å². The largest absolute Gasteiger partial charge is 0.392 e. The molecule has 1 amide bonds. The second kappa shape index (κ2) is 7.24. The third-order valence-corrected chi connectivity index (χ3v) is 4.89.